The molecule has 1 N–H and O–H groups in total. The SMILES string of the molecule is Cc1cc(Cl)ccc1NC(=O)CSc1nnc(-c2ccc3c(c2)OCO3)o1. The molecule has 0 unspecified atom stereocenters. The number of amides is 1. The molecule has 0 saturated carbocycles. The van der Waals surface area contributed by atoms with Crippen molar-refractivity contribution in [1.29, 1.82) is 0 Å². The van der Waals surface area contributed by atoms with Crippen molar-refractivity contribution in [3.05, 3.63) is 47.0 Å². The Morgan fingerprint density at radius 2 is 2.04 bits per heavy atom. The first-order valence-corrected chi connectivity index (χ1v) is 9.37. The van der Waals surface area contributed by atoms with E-state index in [0.29, 0.717) is 27.6 Å². The molecule has 27 heavy (non-hydrogen) atoms. The first kappa shape index (κ1) is 17.7. The zero-order chi connectivity index (χ0) is 18.8. The lowest BCUT2D eigenvalue weighted by Crippen LogP contribution is -2.14. The largest absolute Gasteiger partial charge is 0.454 e. The summed E-state index contributed by atoms with van der Waals surface area (Å²) in [5.74, 6) is 1.64. The van der Waals surface area contributed by atoms with E-state index in [2.05, 4.69) is 15.5 Å². The molecular formula is C18H14ClN3O4S. The predicted octanol–water partition coefficient (Wildman–Crippen LogP) is 4.16. The van der Waals surface area contributed by atoms with Crippen LogP contribution in [0, 0.1) is 6.92 Å². The van der Waals surface area contributed by atoms with Crippen molar-refractivity contribution in [2.75, 3.05) is 17.9 Å². The van der Waals surface area contributed by atoms with Gasteiger partial charge in [0.2, 0.25) is 18.6 Å². The van der Waals surface area contributed by atoms with Crippen molar-refractivity contribution in [3.63, 3.8) is 0 Å². The Kier molecular flexibility index (Phi) is 4.91. The lowest BCUT2D eigenvalue weighted by Gasteiger charge is -2.07. The van der Waals surface area contributed by atoms with E-state index in [4.69, 9.17) is 25.5 Å². The van der Waals surface area contributed by atoms with Crippen LogP contribution in [0.3, 0.4) is 0 Å². The van der Waals surface area contributed by atoms with Gasteiger partial charge < -0.3 is 19.2 Å². The highest BCUT2D eigenvalue weighted by molar-refractivity contribution is 7.99. The van der Waals surface area contributed by atoms with E-state index >= 15 is 0 Å². The molecule has 1 amide bonds. The number of anilines is 1. The first-order valence-electron chi connectivity index (χ1n) is 8.01. The number of carbonyl (C=O) groups is 1. The molecule has 4 rings (SSSR count). The molecule has 1 aliphatic rings. The summed E-state index contributed by atoms with van der Waals surface area (Å²) in [7, 11) is 0. The second-order valence-corrected chi connectivity index (χ2v) is 7.10. The van der Waals surface area contributed by atoms with Gasteiger partial charge in [0.05, 0.1) is 5.75 Å². The zero-order valence-electron chi connectivity index (χ0n) is 14.2. The lowest BCUT2D eigenvalue weighted by molar-refractivity contribution is -0.113. The molecule has 0 bridgehead atoms. The Morgan fingerprint density at radius 3 is 2.89 bits per heavy atom. The van der Waals surface area contributed by atoms with Gasteiger partial charge in [0.15, 0.2) is 11.5 Å². The minimum absolute atomic E-state index is 0.144. The van der Waals surface area contributed by atoms with Gasteiger partial charge in [-0.1, -0.05) is 23.4 Å². The number of ether oxygens (including phenoxy) is 2. The fourth-order valence-corrected chi connectivity index (χ4v) is 3.29. The second-order valence-electron chi connectivity index (χ2n) is 5.74. The summed E-state index contributed by atoms with van der Waals surface area (Å²) >= 11 is 7.08. The molecule has 0 aliphatic carbocycles. The van der Waals surface area contributed by atoms with Gasteiger partial charge in [0.25, 0.3) is 5.22 Å². The van der Waals surface area contributed by atoms with Crippen LogP contribution in [-0.4, -0.2) is 28.7 Å². The van der Waals surface area contributed by atoms with Gasteiger partial charge >= 0.3 is 0 Å². The van der Waals surface area contributed by atoms with Gasteiger partial charge in [0, 0.05) is 16.3 Å². The second kappa shape index (κ2) is 7.50. The zero-order valence-corrected chi connectivity index (χ0v) is 15.8. The van der Waals surface area contributed by atoms with Crippen molar-refractivity contribution in [3.8, 4) is 23.0 Å². The summed E-state index contributed by atoms with van der Waals surface area (Å²) in [5.41, 5.74) is 2.33. The molecule has 7 nitrogen and oxygen atoms in total. The average molecular weight is 404 g/mol. The molecule has 3 aromatic rings. The third-order valence-corrected chi connectivity index (χ3v) is 4.87. The highest BCUT2D eigenvalue weighted by Gasteiger charge is 2.17. The average Bonchev–Trinajstić information content (AvgIpc) is 3.30. The van der Waals surface area contributed by atoms with Crippen LogP contribution in [0.15, 0.2) is 46.0 Å². The van der Waals surface area contributed by atoms with E-state index in [1.54, 1.807) is 30.3 Å². The minimum Gasteiger partial charge on any atom is -0.454 e. The van der Waals surface area contributed by atoms with Crippen LogP contribution in [0.2, 0.25) is 5.02 Å². The molecule has 1 aliphatic heterocycles. The van der Waals surface area contributed by atoms with Crippen molar-refractivity contribution in [2.45, 2.75) is 12.1 Å². The Hall–Kier alpha value is -2.71. The Bertz CT molecular complexity index is 1010. The standard InChI is InChI=1S/C18H14ClN3O4S/c1-10-6-12(19)3-4-13(10)20-16(23)8-27-18-22-21-17(26-18)11-2-5-14-15(7-11)25-9-24-14/h2-7H,8-9H2,1H3,(H,20,23). The first-order chi connectivity index (χ1) is 13.1. The van der Waals surface area contributed by atoms with Crippen LogP contribution in [0.5, 0.6) is 11.5 Å². The molecule has 0 radical (unpaired) electrons. The number of rotatable bonds is 5. The molecule has 0 saturated heterocycles. The van der Waals surface area contributed by atoms with E-state index in [0.717, 1.165) is 28.6 Å². The number of halogens is 1. The summed E-state index contributed by atoms with van der Waals surface area (Å²) in [6, 6.07) is 10.7. The van der Waals surface area contributed by atoms with E-state index in [-0.39, 0.29) is 18.5 Å². The number of carbonyl (C=O) groups excluding carboxylic acids is 1. The van der Waals surface area contributed by atoms with Gasteiger partial charge in [-0.15, -0.1) is 10.2 Å². The quantitative estimate of drug-likeness (QED) is 0.640. The van der Waals surface area contributed by atoms with E-state index in [1.807, 2.05) is 13.0 Å². The third-order valence-electron chi connectivity index (χ3n) is 3.82. The molecule has 0 spiro atoms. The normalized spacial score (nSPS) is 12.2. The van der Waals surface area contributed by atoms with Crippen LogP contribution in [0.25, 0.3) is 11.5 Å². The number of hydrogen-bond acceptors (Lipinski definition) is 7. The Balaban J connectivity index is 1.37. The molecular weight excluding hydrogens is 390 g/mol. The van der Waals surface area contributed by atoms with Crippen LogP contribution in [0.4, 0.5) is 5.69 Å². The summed E-state index contributed by atoms with van der Waals surface area (Å²) in [5, 5.41) is 11.8. The van der Waals surface area contributed by atoms with Crippen molar-refractivity contribution in [2.24, 2.45) is 0 Å². The van der Waals surface area contributed by atoms with Gasteiger partial charge in [-0.05, 0) is 48.9 Å². The maximum Gasteiger partial charge on any atom is 0.277 e. The van der Waals surface area contributed by atoms with E-state index in [9.17, 15) is 4.79 Å². The number of aryl methyl sites for hydroxylation is 1. The number of aromatic nitrogens is 2. The lowest BCUT2D eigenvalue weighted by atomic mass is 10.2. The minimum atomic E-state index is -0.173. The molecule has 1 aromatic heterocycles. The van der Waals surface area contributed by atoms with Crippen molar-refractivity contribution < 1.29 is 18.7 Å². The van der Waals surface area contributed by atoms with Crippen molar-refractivity contribution in [1.82, 2.24) is 10.2 Å². The molecule has 0 atom stereocenters. The topological polar surface area (TPSA) is 86.5 Å². The van der Waals surface area contributed by atoms with Gasteiger partial charge in [-0.25, -0.2) is 0 Å². The van der Waals surface area contributed by atoms with Crippen molar-refractivity contribution >= 4 is 35.0 Å². The number of hydrogen-bond donors (Lipinski definition) is 1. The number of nitrogens with zero attached hydrogens (tertiary/aromatic N) is 2. The predicted molar refractivity (Wildman–Crippen MR) is 101 cm³/mol. The fourth-order valence-electron chi connectivity index (χ4n) is 2.50. The number of nitrogens with one attached hydrogen (secondary N) is 1. The molecule has 9 heteroatoms. The molecule has 138 valence electrons. The monoisotopic (exact) mass is 403 g/mol. The summed E-state index contributed by atoms with van der Waals surface area (Å²) < 4.78 is 16.2. The van der Waals surface area contributed by atoms with Gasteiger partial charge in [-0.2, -0.15) is 0 Å². The Morgan fingerprint density at radius 1 is 1.19 bits per heavy atom. The van der Waals surface area contributed by atoms with E-state index < -0.39 is 0 Å². The smallest absolute Gasteiger partial charge is 0.277 e. The van der Waals surface area contributed by atoms with Crippen LogP contribution < -0.4 is 14.8 Å². The number of fused-ring (bicyclic) bond motifs is 1. The maximum absolute atomic E-state index is 12.1. The molecule has 2 heterocycles. The van der Waals surface area contributed by atoms with Crippen LogP contribution in [-0.2, 0) is 4.79 Å². The molecule has 2 aromatic carbocycles. The van der Waals surface area contributed by atoms with E-state index in [1.165, 1.54) is 0 Å². The number of thioether (sulfide) groups is 1. The Labute approximate surface area is 164 Å². The number of benzene rings is 2. The maximum atomic E-state index is 12.1. The highest BCUT2D eigenvalue weighted by Crippen LogP contribution is 2.36. The summed E-state index contributed by atoms with van der Waals surface area (Å²) in [6.07, 6.45) is 0. The highest BCUT2D eigenvalue weighted by atomic mass is 35.5. The third kappa shape index (κ3) is 4.01. The fraction of sp³-hybridized carbons (Fsp3) is 0.167. The van der Waals surface area contributed by atoms with Crippen LogP contribution in [0.1, 0.15) is 5.56 Å². The van der Waals surface area contributed by atoms with Gasteiger partial charge in [0.1, 0.15) is 0 Å². The van der Waals surface area contributed by atoms with Gasteiger partial charge in [-0.3, -0.25) is 4.79 Å². The molecule has 0 fully saturated rings. The van der Waals surface area contributed by atoms with Crippen LogP contribution >= 0.6 is 23.4 Å². The summed E-state index contributed by atoms with van der Waals surface area (Å²) in [6.45, 7) is 2.08. The summed E-state index contributed by atoms with van der Waals surface area (Å²) in [4.78, 5) is 12.1.